The van der Waals surface area contributed by atoms with E-state index in [1.165, 1.54) is 11.3 Å². The van der Waals surface area contributed by atoms with Crippen molar-refractivity contribution >= 4 is 34.2 Å². The molecule has 0 N–H and O–H groups in total. The molecule has 4 rings (SSSR count). The Morgan fingerprint density at radius 1 is 1.17 bits per heavy atom. The van der Waals surface area contributed by atoms with Gasteiger partial charge in [-0.1, -0.05) is 11.2 Å². The summed E-state index contributed by atoms with van der Waals surface area (Å²) in [5.74, 6) is -0.266. The Bertz CT molecular complexity index is 1200. The van der Waals surface area contributed by atoms with Gasteiger partial charge in [0.15, 0.2) is 12.4 Å². The highest BCUT2D eigenvalue weighted by Gasteiger charge is 2.21. The van der Waals surface area contributed by atoms with Crippen molar-refractivity contribution in [2.45, 2.75) is 13.8 Å². The van der Waals surface area contributed by atoms with E-state index in [0.717, 1.165) is 4.88 Å². The third-order valence-electron chi connectivity index (χ3n) is 4.43. The number of benzene rings is 1. The van der Waals surface area contributed by atoms with E-state index in [0.29, 0.717) is 34.7 Å². The van der Waals surface area contributed by atoms with Crippen LogP contribution >= 0.6 is 11.3 Å². The van der Waals surface area contributed by atoms with E-state index in [-0.39, 0.29) is 23.7 Å². The number of esters is 1. The Balaban J connectivity index is 1.55. The van der Waals surface area contributed by atoms with Gasteiger partial charge in [-0.15, -0.1) is 11.3 Å². The molecule has 4 aromatic rings. The minimum absolute atomic E-state index is 0.253. The second-order valence-corrected chi connectivity index (χ2v) is 7.38. The minimum atomic E-state index is -0.634. The number of hydrogen-bond acceptors (Lipinski definition) is 8. The van der Waals surface area contributed by atoms with Gasteiger partial charge in [-0.2, -0.15) is 0 Å². The van der Waals surface area contributed by atoms with Gasteiger partial charge in [0.1, 0.15) is 5.75 Å². The Hall–Kier alpha value is -3.52. The monoisotopic (exact) mass is 422 g/mol. The maximum atomic E-state index is 12.8. The molecule has 0 spiro atoms. The van der Waals surface area contributed by atoms with Crippen molar-refractivity contribution in [2.24, 2.45) is 0 Å². The fraction of sp³-hybridized carbons (Fsp3) is 0.182. The fourth-order valence-corrected chi connectivity index (χ4v) is 3.69. The molecule has 0 aliphatic carbocycles. The molecule has 8 heteroatoms. The largest absolute Gasteiger partial charge is 0.494 e. The second-order valence-electron chi connectivity index (χ2n) is 6.44. The van der Waals surface area contributed by atoms with Gasteiger partial charge in [0.25, 0.3) is 5.71 Å². The summed E-state index contributed by atoms with van der Waals surface area (Å²) in [5.41, 5.74) is 2.06. The number of carbonyl (C=O) groups is 2. The van der Waals surface area contributed by atoms with Crippen LogP contribution in [0.3, 0.4) is 0 Å². The lowest BCUT2D eigenvalue weighted by atomic mass is 10.1. The molecule has 30 heavy (non-hydrogen) atoms. The number of thiophene rings is 1. The number of hydrogen-bond donors (Lipinski definition) is 0. The topological polar surface area (TPSA) is 91.5 Å². The summed E-state index contributed by atoms with van der Waals surface area (Å²) >= 11 is 1.49. The highest BCUT2D eigenvalue weighted by Crippen LogP contribution is 2.29. The fourth-order valence-electron chi connectivity index (χ4n) is 3.00. The first-order valence-corrected chi connectivity index (χ1v) is 10.2. The van der Waals surface area contributed by atoms with Crippen LogP contribution in [-0.4, -0.2) is 35.1 Å². The number of fused-ring (bicyclic) bond motifs is 1. The molecule has 0 amide bonds. The van der Waals surface area contributed by atoms with Crippen molar-refractivity contribution in [3.63, 3.8) is 0 Å². The summed E-state index contributed by atoms with van der Waals surface area (Å²) in [7, 11) is 0. The standard InChI is InChI=1S/C22H18N2O5S/c1-3-27-15-8-6-14(7-9-15)18(25)12-28-22(26)16-11-17(19-5-4-10-30-19)23-21-20(16)13(2)24-29-21/h4-11H,3,12H2,1-2H3. The van der Waals surface area contributed by atoms with Crippen molar-refractivity contribution < 1.29 is 23.6 Å². The molecule has 3 heterocycles. The summed E-state index contributed by atoms with van der Waals surface area (Å²) in [6, 6.07) is 12.1. The summed E-state index contributed by atoms with van der Waals surface area (Å²) < 4.78 is 15.9. The number of Topliss-reactive ketones (excluding diaryl/α,β-unsaturated/α-hetero) is 1. The molecule has 0 bridgehead atoms. The van der Waals surface area contributed by atoms with Crippen molar-refractivity contribution in [1.82, 2.24) is 10.1 Å². The lowest BCUT2D eigenvalue weighted by Crippen LogP contribution is -2.15. The van der Waals surface area contributed by atoms with Gasteiger partial charge in [-0.05, 0) is 55.6 Å². The van der Waals surface area contributed by atoms with Crippen LogP contribution in [0.4, 0.5) is 0 Å². The van der Waals surface area contributed by atoms with E-state index in [9.17, 15) is 9.59 Å². The first-order valence-electron chi connectivity index (χ1n) is 9.31. The maximum Gasteiger partial charge on any atom is 0.339 e. The van der Waals surface area contributed by atoms with Crippen LogP contribution in [0.1, 0.15) is 33.3 Å². The van der Waals surface area contributed by atoms with Crippen molar-refractivity contribution in [3.8, 4) is 16.3 Å². The molecular weight excluding hydrogens is 404 g/mol. The van der Waals surface area contributed by atoms with Crippen LogP contribution in [-0.2, 0) is 4.74 Å². The smallest absolute Gasteiger partial charge is 0.339 e. The van der Waals surface area contributed by atoms with Crippen molar-refractivity contribution in [2.75, 3.05) is 13.2 Å². The molecule has 0 aliphatic rings. The SMILES string of the molecule is CCOc1ccc(C(=O)COC(=O)c2cc(-c3cccs3)nc3onc(C)c23)cc1. The van der Waals surface area contributed by atoms with E-state index in [1.807, 2.05) is 24.4 Å². The molecule has 0 atom stereocenters. The molecule has 0 aliphatic heterocycles. The predicted octanol–water partition coefficient (Wildman–Crippen LogP) is 4.70. The minimum Gasteiger partial charge on any atom is -0.494 e. The highest BCUT2D eigenvalue weighted by molar-refractivity contribution is 7.13. The normalized spacial score (nSPS) is 10.9. The van der Waals surface area contributed by atoms with Crippen LogP contribution in [0, 0.1) is 6.92 Å². The maximum absolute atomic E-state index is 12.8. The van der Waals surface area contributed by atoms with E-state index in [1.54, 1.807) is 37.3 Å². The third-order valence-corrected chi connectivity index (χ3v) is 5.32. The van der Waals surface area contributed by atoms with E-state index in [4.69, 9.17) is 14.0 Å². The van der Waals surface area contributed by atoms with Crippen LogP contribution in [0.5, 0.6) is 5.75 Å². The zero-order valence-electron chi connectivity index (χ0n) is 16.4. The number of aryl methyl sites for hydroxylation is 1. The first-order chi connectivity index (χ1) is 14.6. The number of aromatic nitrogens is 2. The van der Waals surface area contributed by atoms with Crippen LogP contribution in [0.25, 0.3) is 21.7 Å². The lowest BCUT2D eigenvalue weighted by Gasteiger charge is -2.08. The van der Waals surface area contributed by atoms with E-state index >= 15 is 0 Å². The molecule has 1 aromatic carbocycles. The number of nitrogens with zero attached hydrogens (tertiary/aromatic N) is 2. The Labute approximate surface area is 176 Å². The van der Waals surface area contributed by atoms with Crippen LogP contribution < -0.4 is 4.74 Å². The molecule has 0 fully saturated rings. The third kappa shape index (κ3) is 3.95. The van der Waals surface area contributed by atoms with Crippen molar-refractivity contribution in [3.05, 3.63) is 64.7 Å². The summed E-state index contributed by atoms with van der Waals surface area (Å²) in [5, 5.41) is 6.30. The second kappa shape index (κ2) is 8.46. The molecule has 0 saturated carbocycles. The van der Waals surface area contributed by atoms with Gasteiger partial charge in [0, 0.05) is 5.56 Å². The molecule has 0 saturated heterocycles. The molecule has 0 radical (unpaired) electrons. The van der Waals surface area contributed by atoms with Gasteiger partial charge < -0.3 is 14.0 Å². The van der Waals surface area contributed by atoms with Gasteiger partial charge in [-0.3, -0.25) is 4.79 Å². The van der Waals surface area contributed by atoms with Gasteiger partial charge in [0.05, 0.1) is 33.8 Å². The molecule has 152 valence electrons. The zero-order chi connectivity index (χ0) is 21.1. The van der Waals surface area contributed by atoms with E-state index < -0.39 is 5.97 Å². The first kappa shape index (κ1) is 19.8. The predicted molar refractivity (Wildman–Crippen MR) is 112 cm³/mol. The van der Waals surface area contributed by atoms with Gasteiger partial charge >= 0.3 is 5.97 Å². The Morgan fingerprint density at radius 3 is 2.67 bits per heavy atom. The molecular formula is C22H18N2O5S. The molecule has 7 nitrogen and oxygen atoms in total. The molecule has 0 unspecified atom stereocenters. The Kier molecular flexibility index (Phi) is 5.58. The van der Waals surface area contributed by atoms with Crippen molar-refractivity contribution in [1.29, 1.82) is 0 Å². The number of pyridine rings is 1. The number of rotatable bonds is 7. The number of ether oxygens (including phenoxy) is 2. The average molecular weight is 422 g/mol. The van der Waals surface area contributed by atoms with Crippen LogP contribution in [0.15, 0.2) is 52.4 Å². The average Bonchev–Trinajstić information content (AvgIpc) is 3.42. The van der Waals surface area contributed by atoms with Gasteiger partial charge in [0.2, 0.25) is 0 Å². The number of carbonyl (C=O) groups excluding carboxylic acids is 2. The number of ketones is 1. The van der Waals surface area contributed by atoms with Gasteiger partial charge in [-0.25, -0.2) is 9.78 Å². The summed E-state index contributed by atoms with van der Waals surface area (Å²) in [4.78, 5) is 30.6. The summed E-state index contributed by atoms with van der Waals surface area (Å²) in [6.45, 7) is 3.77. The Morgan fingerprint density at radius 2 is 1.97 bits per heavy atom. The zero-order valence-corrected chi connectivity index (χ0v) is 17.2. The molecule has 3 aromatic heterocycles. The highest BCUT2D eigenvalue weighted by atomic mass is 32.1. The quantitative estimate of drug-likeness (QED) is 0.315. The van der Waals surface area contributed by atoms with Crippen LogP contribution in [0.2, 0.25) is 0 Å². The summed E-state index contributed by atoms with van der Waals surface area (Å²) in [6.07, 6.45) is 0. The van der Waals surface area contributed by atoms with E-state index in [2.05, 4.69) is 10.1 Å². The lowest BCUT2D eigenvalue weighted by molar-refractivity contribution is 0.0476.